The molecule has 3 heteroatoms. The van der Waals surface area contributed by atoms with Crippen LogP contribution < -0.4 is 4.74 Å². The molecule has 0 aliphatic carbocycles. The Morgan fingerprint density at radius 2 is 1.67 bits per heavy atom. The summed E-state index contributed by atoms with van der Waals surface area (Å²) in [5.41, 5.74) is 2.22. The highest BCUT2D eigenvalue weighted by molar-refractivity contribution is 6.00. The minimum absolute atomic E-state index is 0.397. The van der Waals surface area contributed by atoms with Crippen LogP contribution in [0.4, 0.5) is 0 Å². The van der Waals surface area contributed by atoms with Crippen LogP contribution in [0.5, 0.6) is 5.75 Å². The number of ether oxygens (including phenoxy) is 2. The van der Waals surface area contributed by atoms with Gasteiger partial charge in [0.1, 0.15) is 11.3 Å². The molecule has 0 saturated carbocycles. The Hall–Kier alpha value is -2.29. The van der Waals surface area contributed by atoms with Crippen LogP contribution in [0.1, 0.15) is 10.4 Å². The van der Waals surface area contributed by atoms with Crippen LogP contribution in [-0.4, -0.2) is 20.2 Å². The lowest BCUT2D eigenvalue weighted by Crippen LogP contribution is -2.06. The molecule has 0 unspecified atom stereocenters. The second-order valence-electron chi connectivity index (χ2n) is 3.74. The van der Waals surface area contributed by atoms with Crippen LogP contribution in [0, 0.1) is 0 Å². The number of methoxy groups -OCH3 is 2. The number of hydrogen-bond acceptors (Lipinski definition) is 3. The van der Waals surface area contributed by atoms with Crippen molar-refractivity contribution in [3.05, 3.63) is 54.1 Å². The van der Waals surface area contributed by atoms with Crippen molar-refractivity contribution in [3.63, 3.8) is 0 Å². The Labute approximate surface area is 106 Å². The molecule has 92 valence electrons. The van der Waals surface area contributed by atoms with Crippen LogP contribution in [0.3, 0.4) is 0 Å². The van der Waals surface area contributed by atoms with Gasteiger partial charge in [0.15, 0.2) is 0 Å². The summed E-state index contributed by atoms with van der Waals surface area (Å²) in [5, 5.41) is 0. The number of benzene rings is 2. The van der Waals surface area contributed by atoms with Crippen molar-refractivity contribution >= 4 is 5.97 Å². The van der Waals surface area contributed by atoms with Gasteiger partial charge in [-0.2, -0.15) is 0 Å². The molecule has 2 aromatic carbocycles. The van der Waals surface area contributed by atoms with Gasteiger partial charge in [-0.3, -0.25) is 0 Å². The molecule has 0 saturated heterocycles. The first-order valence-corrected chi connectivity index (χ1v) is 5.58. The number of rotatable bonds is 3. The van der Waals surface area contributed by atoms with Crippen LogP contribution >= 0.6 is 0 Å². The van der Waals surface area contributed by atoms with Gasteiger partial charge in [0.05, 0.1) is 14.2 Å². The molecule has 2 rings (SSSR count). The maximum Gasteiger partial charge on any atom is 0.342 e. The minimum atomic E-state index is -0.397. The van der Waals surface area contributed by atoms with Crippen LogP contribution in [-0.2, 0) is 4.74 Å². The normalized spacial score (nSPS) is 9.89. The van der Waals surface area contributed by atoms with E-state index in [0.29, 0.717) is 11.3 Å². The summed E-state index contributed by atoms with van der Waals surface area (Å²) in [4.78, 5) is 11.9. The standard InChI is InChI=1S/C15H14O3/c1-17-13-10-6-9-12(14(13)15(16)18-2)11-7-4-3-5-8-11/h3-10H,1-2H3. The highest BCUT2D eigenvalue weighted by atomic mass is 16.5. The first-order chi connectivity index (χ1) is 8.77. The number of carbonyl (C=O) groups is 1. The third-order valence-corrected chi connectivity index (χ3v) is 2.72. The Kier molecular flexibility index (Phi) is 3.63. The zero-order valence-corrected chi connectivity index (χ0v) is 10.3. The van der Waals surface area contributed by atoms with Crippen molar-refractivity contribution in [2.24, 2.45) is 0 Å². The van der Waals surface area contributed by atoms with E-state index >= 15 is 0 Å². The summed E-state index contributed by atoms with van der Waals surface area (Å²) >= 11 is 0. The molecule has 0 heterocycles. The molecule has 3 nitrogen and oxygen atoms in total. The molecule has 0 spiro atoms. The molecule has 0 radical (unpaired) electrons. The van der Waals surface area contributed by atoms with Crippen LogP contribution in [0.25, 0.3) is 11.1 Å². The molecular formula is C15H14O3. The van der Waals surface area contributed by atoms with E-state index in [2.05, 4.69) is 0 Å². The Bertz CT molecular complexity index is 547. The van der Waals surface area contributed by atoms with Gasteiger partial charge in [0.2, 0.25) is 0 Å². The van der Waals surface area contributed by atoms with Crippen molar-refractivity contribution in [2.45, 2.75) is 0 Å². The minimum Gasteiger partial charge on any atom is -0.496 e. The first kappa shape index (κ1) is 12.2. The van der Waals surface area contributed by atoms with Gasteiger partial charge in [-0.1, -0.05) is 42.5 Å². The zero-order chi connectivity index (χ0) is 13.0. The predicted octanol–water partition coefficient (Wildman–Crippen LogP) is 3.15. The Morgan fingerprint density at radius 3 is 2.28 bits per heavy atom. The lowest BCUT2D eigenvalue weighted by molar-refractivity contribution is 0.0598. The Balaban J connectivity index is 2.64. The van der Waals surface area contributed by atoms with Gasteiger partial charge in [0.25, 0.3) is 0 Å². The van der Waals surface area contributed by atoms with E-state index in [4.69, 9.17) is 9.47 Å². The molecule has 2 aromatic rings. The van der Waals surface area contributed by atoms with E-state index in [1.165, 1.54) is 14.2 Å². The number of esters is 1. The van der Waals surface area contributed by atoms with E-state index in [9.17, 15) is 4.79 Å². The van der Waals surface area contributed by atoms with E-state index in [1.54, 1.807) is 6.07 Å². The predicted molar refractivity (Wildman–Crippen MR) is 69.8 cm³/mol. The summed E-state index contributed by atoms with van der Waals surface area (Å²) in [6.45, 7) is 0. The molecule has 0 fully saturated rings. The van der Waals surface area contributed by atoms with Crippen molar-refractivity contribution < 1.29 is 14.3 Å². The van der Waals surface area contributed by atoms with E-state index in [0.717, 1.165) is 11.1 Å². The fourth-order valence-corrected chi connectivity index (χ4v) is 1.87. The monoisotopic (exact) mass is 242 g/mol. The maximum absolute atomic E-state index is 11.9. The summed E-state index contributed by atoms with van der Waals surface area (Å²) < 4.78 is 10.1. The third-order valence-electron chi connectivity index (χ3n) is 2.72. The highest BCUT2D eigenvalue weighted by Gasteiger charge is 2.18. The third kappa shape index (κ3) is 2.20. The molecular weight excluding hydrogens is 228 g/mol. The largest absolute Gasteiger partial charge is 0.496 e. The van der Waals surface area contributed by atoms with Gasteiger partial charge < -0.3 is 9.47 Å². The lowest BCUT2D eigenvalue weighted by Gasteiger charge is -2.12. The van der Waals surface area contributed by atoms with E-state index < -0.39 is 5.97 Å². The SMILES string of the molecule is COC(=O)c1c(OC)cccc1-c1ccccc1. The van der Waals surface area contributed by atoms with Gasteiger partial charge in [0, 0.05) is 0 Å². The molecule has 0 atom stereocenters. The average molecular weight is 242 g/mol. The van der Waals surface area contributed by atoms with Gasteiger partial charge >= 0.3 is 5.97 Å². The summed E-state index contributed by atoms with van der Waals surface area (Å²) in [6.07, 6.45) is 0. The maximum atomic E-state index is 11.9. The lowest BCUT2D eigenvalue weighted by atomic mass is 9.99. The molecule has 0 N–H and O–H groups in total. The average Bonchev–Trinajstić information content (AvgIpc) is 2.46. The van der Waals surface area contributed by atoms with Crippen molar-refractivity contribution in [1.82, 2.24) is 0 Å². The molecule has 0 bridgehead atoms. The molecule has 0 amide bonds. The van der Waals surface area contributed by atoms with Crippen LogP contribution in [0.2, 0.25) is 0 Å². The summed E-state index contributed by atoms with van der Waals surface area (Å²) in [7, 11) is 2.90. The fraction of sp³-hybridized carbons (Fsp3) is 0.133. The van der Waals surface area contributed by atoms with Gasteiger partial charge in [-0.05, 0) is 17.2 Å². The zero-order valence-electron chi connectivity index (χ0n) is 10.3. The topological polar surface area (TPSA) is 35.5 Å². The fourth-order valence-electron chi connectivity index (χ4n) is 1.87. The molecule has 18 heavy (non-hydrogen) atoms. The van der Waals surface area contributed by atoms with Crippen molar-refractivity contribution in [1.29, 1.82) is 0 Å². The van der Waals surface area contributed by atoms with Gasteiger partial charge in [-0.25, -0.2) is 4.79 Å². The Morgan fingerprint density at radius 1 is 0.944 bits per heavy atom. The second-order valence-corrected chi connectivity index (χ2v) is 3.74. The van der Waals surface area contributed by atoms with Crippen molar-refractivity contribution in [3.8, 4) is 16.9 Å². The molecule has 0 aromatic heterocycles. The van der Waals surface area contributed by atoms with E-state index in [1.807, 2.05) is 42.5 Å². The van der Waals surface area contributed by atoms with E-state index in [-0.39, 0.29) is 0 Å². The highest BCUT2D eigenvalue weighted by Crippen LogP contribution is 2.31. The summed E-state index contributed by atoms with van der Waals surface area (Å²) in [6, 6.07) is 15.2. The second kappa shape index (κ2) is 5.36. The summed E-state index contributed by atoms with van der Waals surface area (Å²) in [5.74, 6) is 0.120. The van der Waals surface area contributed by atoms with Crippen LogP contribution in [0.15, 0.2) is 48.5 Å². The molecule has 0 aliphatic heterocycles. The molecule has 0 aliphatic rings. The number of hydrogen-bond donors (Lipinski definition) is 0. The first-order valence-electron chi connectivity index (χ1n) is 5.58. The number of carbonyl (C=O) groups excluding carboxylic acids is 1. The van der Waals surface area contributed by atoms with Gasteiger partial charge in [-0.15, -0.1) is 0 Å². The smallest absolute Gasteiger partial charge is 0.342 e. The van der Waals surface area contributed by atoms with Crippen molar-refractivity contribution in [2.75, 3.05) is 14.2 Å². The quantitative estimate of drug-likeness (QED) is 0.775.